The lowest BCUT2D eigenvalue weighted by molar-refractivity contribution is -0.144. The van der Waals surface area contributed by atoms with Gasteiger partial charge in [-0.2, -0.15) is 0 Å². The SMILES string of the molecule is COc1cccc(OC)c1OC(=O)/C=C/C(=O)OC(C)C(C)C. The Morgan fingerprint density at radius 2 is 1.48 bits per heavy atom. The van der Waals surface area contributed by atoms with E-state index in [2.05, 4.69) is 0 Å². The summed E-state index contributed by atoms with van der Waals surface area (Å²) in [6, 6.07) is 4.97. The second-order valence-corrected chi connectivity index (χ2v) is 5.13. The number of hydrogen-bond donors (Lipinski definition) is 0. The first kappa shape index (κ1) is 18.5. The highest BCUT2D eigenvalue weighted by Gasteiger charge is 2.15. The highest BCUT2D eigenvalue weighted by atomic mass is 16.6. The molecule has 0 saturated carbocycles. The van der Waals surface area contributed by atoms with Gasteiger partial charge in [0.25, 0.3) is 0 Å². The van der Waals surface area contributed by atoms with E-state index in [1.165, 1.54) is 14.2 Å². The van der Waals surface area contributed by atoms with E-state index in [-0.39, 0.29) is 17.8 Å². The molecule has 0 aliphatic rings. The van der Waals surface area contributed by atoms with Gasteiger partial charge >= 0.3 is 11.9 Å². The number of rotatable bonds is 7. The highest BCUT2D eigenvalue weighted by molar-refractivity contribution is 5.93. The third-order valence-corrected chi connectivity index (χ3v) is 3.18. The van der Waals surface area contributed by atoms with Crippen LogP contribution in [0.3, 0.4) is 0 Å². The molecular weight excluding hydrogens is 300 g/mol. The number of hydrogen-bond acceptors (Lipinski definition) is 6. The summed E-state index contributed by atoms with van der Waals surface area (Å²) in [4.78, 5) is 23.4. The summed E-state index contributed by atoms with van der Waals surface area (Å²) in [6.45, 7) is 5.65. The molecule has 1 unspecified atom stereocenters. The van der Waals surface area contributed by atoms with Gasteiger partial charge in [-0.1, -0.05) is 19.9 Å². The molecule has 0 aliphatic carbocycles. The maximum absolute atomic E-state index is 11.8. The first-order chi connectivity index (χ1) is 10.9. The van der Waals surface area contributed by atoms with Crippen molar-refractivity contribution in [1.82, 2.24) is 0 Å². The van der Waals surface area contributed by atoms with Gasteiger partial charge in [-0.05, 0) is 25.0 Å². The highest BCUT2D eigenvalue weighted by Crippen LogP contribution is 2.36. The molecule has 0 heterocycles. The van der Waals surface area contributed by atoms with Crippen LogP contribution in [0, 0.1) is 5.92 Å². The summed E-state index contributed by atoms with van der Waals surface area (Å²) < 4.78 is 20.5. The number of esters is 2. The molecule has 0 spiro atoms. The fourth-order valence-electron chi connectivity index (χ4n) is 1.55. The molecule has 6 heteroatoms. The Bertz CT molecular complexity index is 554. The number of carbonyl (C=O) groups is 2. The van der Waals surface area contributed by atoms with Gasteiger partial charge in [-0.3, -0.25) is 0 Å². The van der Waals surface area contributed by atoms with E-state index in [1.54, 1.807) is 25.1 Å². The van der Waals surface area contributed by atoms with Crippen LogP contribution < -0.4 is 14.2 Å². The fourth-order valence-corrected chi connectivity index (χ4v) is 1.55. The van der Waals surface area contributed by atoms with E-state index in [9.17, 15) is 9.59 Å². The van der Waals surface area contributed by atoms with E-state index in [0.29, 0.717) is 11.5 Å². The number of para-hydroxylation sites is 1. The number of benzene rings is 1. The summed E-state index contributed by atoms with van der Waals surface area (Å²) in [5.41, 5.74) is 0. The lowest BCUT2D eigenvalue weighted by Crippen LogP contribution is -2.19. The molecule has 126 valence electrons. The molecule has 0 N–H and O–H groups in total. The Kier molecular flexibility index (Phi) is 7.12. The van der Waals surface area contributed by atoms with Crippen molar-refractivity contribution in [2.75, 3.05) is 14.2 Å². The maximum atomic E-state index is 11.8. The van der Waals surface area contributed by atoms with Crippen LogP contribution in [0.4, 0.5) is 0 Å². The Morgan fingerprint density at radius 1 is 0.957 bits per heavy atom. The van der Waals surface area contributed by atoms with Gasteiger partial charge in [-0.15, -0.1) is 0 Å². The smallest absolute Gasteiger partial charge is 0.336 e. The largest absolute Gasteiger partial charge is 0.493 e. The lowest BCUT2D eigenvalue weighted by atomic mass is 10.1. The molecule has 0 amide bonds. The minimum Gasteiger partial charge on any atom is -0.493 e. The molecule has 1 aromatic rings. The lowest BCUT2D eigenvalue weighted by Gasteiger charge is -2.15. The van der Waals surface area contributed by atoms with Gasteiger partial charge < -0.3 is 18.9 Å². The van der Waals surface area contributed by atoms with Crippen LogP contribution in [0.25, 0.3) is 0 Å². The molecule has 6 nitrogen and oxygen atoms in total. The number of methoxy groups -OCH3 is 2. The van der Waals surface area contributed by atoms with Crippen LogP contribution in [0.2, 0.25) is 0 Å². The quantitative estimate of drug-likeness (QED) is 0.437. The van der Waals surface area contributed by atoms with Gasteiger partial charge in [0.15, 0.2) is 11.5 Å². The van der Waals surface area contributed by atoms with Crippen molar-refractivity contribution in [2.24, 2.45) is 5.92 Å². The second kappa shape index (κ2) is 8.82. The third kappa shape index (κ3) is 5.65. The monoisotopic (exact) mass is 322 g/mol. The van der Waals surface area contributed by atoms with Crippen molar-refractivity contribution in [3.05, 3.63) is 30.4 Å². The average Bonchev–Trinajstić information content (AvgIpc) is 2.52. The van der Waals surface area contributed by atoms with E-state index in [0.717, 1.165) is 12.2 Å². The van der Waals surface area contributed by atoms with Crippen molar-refractivity contribution >= 4 is 11.9 Å². The van der Waals surface area contributed by atoms with Crippen LogP contribution >= 0.6 is 0 Å². The zero-order valence-electron chi connectivity index (χ0n) is 14.0. The summed E-state index contributed by atoms with van der Waals surface area (Å²) in [5, 5.41) is 0. The summed E-state index contributed by atoms with van der Waals surface area (Å²) in [6.07, 6.45) is 1.79. The van der Waals surface area contributed by atoms with E-state index >= 15 is 0 Å². The minimum atomic E-state index is -0.734. The van der Waals surface area contributed by atoms with Crippen molar-refractivity contribution in [2.45, 2.75) is 26.9 Å². The zero-order chi connectivity index (χ0) is 17.4. The minimum absolute atomic E-state index is 0.149. The van der Waals surface area contributed by atoms with Crippen molar-refractivity contribution in [3.63, 3.8) is 0 Å². The molecule has 0 radical (unpaired) electrons. The number of ether oxygens (including phenoxy) is 4. The Balaban J connectivity index is 2.74. The van der Waals surface area contributed by atoms with Gasteiger partial charge in [0, 0.05) is 12.2 Å². The van der Waals surface area contributed by atoms with Gasteiger partial charge in [0.05, 0.1) is 14.2 Å². The predicted molar refractivity (Wildman–Crippen MR) is 84.7 cm³/mol. The van der Waals surface area contributed by atoms with E-state index < -0.39 is 11.9 Å². The Hall–Kier alpha value is -2.50. The molecule has 0 fully saturated rings. The maximum Gasteiger partial charge on any atom is 0.336 e. The summed E-state index contributed by atoms with van der Waals surface area (Å²) in [5.74, 6) is -0.297. The van der Waals surface area contributed by atoms with Crippen LogP contribution in [0.5, 0.6) is 17.2 Å². The molecule has 0 aliphatic heterocycles. The Morgan fingerprint density at radius 3 is 1.96 bits per heavy atom. The summed E-state index contributed by atoms with van der Waals surface area (Å²) in [7, 11) is 2.90. The predicted octanol–water partition coefficient (Wildman–Crippen LogP) is 2.75. The number of carbonyl (C=O) groups excluding carboxylic acids is 2. The molecule has 0 saturated heterocycles. The van der Waals surface area contributed by atoms with Gasteiger partial charge in [0.1, 0.15) is 6.10 Å². The molecular formula is C17H22O6. The third-order valence-electron chi connectivity index (χ3n) is 3.18. The Labute approximate surface area is 136 Å². The van der Waals surface area contributed by atoms with Crippen LogP contribution in [0.15, 0.2) is 30.4 Å². The van der Waals surface area contributed by atoms with E-state index in [4.69, 9.17) is 18.9 Å². The normalized spacial score (nSPS) is 12.1. The van der Waals surface area contributed by atoms with Gasteiger partial charge in [-0.25, -0.2) is 9.59 Å². The molecule has 1 aromatic carbocycles. The standard InChI is InChI=1S/C17H22O6/c1-11(2)12(3)22-15(18)9-10-16(19)23-17-13(20-4)7-6-8-14(17)21-5/h6-12H,1-5H3/b10-9+. The first-order valence-electron chi connectivity index (χ1n) is 7.20. The molecule has 23 heavy (non-hydrogen) atoms. The molecule has 0 aromatic heterocycles. The van der Waals surface area contributed by atoms with Crippen molar-refractivity contribution in [3.8, 4) is 17.2 Å². The van der Waals surface area contributed by atoms with Crippen LogP contribution in [-0.2, 0) is 14.3 Å². The molecule has 1 rings (SSSR count). The zero-order valence-corrected chi connectivity index (χ0v) is 14.0. The van der Waals surface area contributed by atoms with Crippen molar-refractivity contribution in [1.29, 1.82) is 0 Å². The van der Waals surface area contributed by atoms with Crippen LogP contribution in [-0.4, -0.2) is 32.3 Å². The van der Waals surface area contributed by atoms with Crippen molar-refractivity contribution < 1.29 is 28.5 Å². The van der Waals surface area contributed by atoms with Crippen LogP contribution in [0.1, 0.15) is 20.8 Å². The average molecular weight is 322 g/mol. The second-order valence-electron chi connectivity index (χ2n) is 5.13. The molecule has 1 atom stereocenters. The van der Waals surface area contributed by atoms with E-state index in [1.807, 2.05) is 13.8 Å². The van der Waals surface area contributed by atoms with Gasteiger partial charge in [0.2, 0.25) is 5.75 Å². The summed E-state index contributed by atoms with van der Waals surface area (Å²) >= 11 is 0. The molecule has 0 bridgehead atoms. The first-order valence-corrected chi connectivity index (χ1v) is 7.20. The fraction of sp³-hybridized carbons (Fsp3) is 0.412. The topological polar surface area (TPSA) is 71.1 Å².